The molecule has 0 amide bonds. The van der Waals surface area contributed by atoms with Gasteiger partial charge in [-0.15, -0.1) is 0 Å². The van der Waals surface area contributed by atoms with E-state index >= 15 is 0 Å². The lowest BCUT2D eigenvalue weighted by Gasteiger charge is -2.17. The fraction of sp³-hybridized carbons (Fsp3) is 0.400. The fourth-order valence-electron chi connectivity index (χ4n) is 1.99. The molecule has 0 aliphatic rings. The highest BCUT2D eigenvalue weighted by atomic mass is 79.9. The summed E-state index contributed by atoms with van der Waals surface area (Å²) < 4.78 is 9.03. The minimum absolute atomic E-state index is 0.270. The lowest BCUT2D eigenvalue weighted by molar-refractivity contribution is 0.296. The molecule has 4 nitrogen and oxygen atoms in total. The molecule has 1 aromatic heterocycles. The van der Waals surface area contributed by atoms with Gasteiger partial charge in [0.2, 0.25) is 0 Å². The molecular weight excluding hydrogens is 318 g/mol. The number of rotatable bonds is 7. The van der Waals surface area contributed by atoms with Crippen molar-refractivity contribution in [2.45, 2.75) is 25.9 Å². The van der Waals surface area contributed by atoms with E-state index in [-0.39, 0.29) is 6.04 Å². The lowest BCUT2D eigenvalue weighted by Crippen LogP contribution is -2.14. The van der Waals surface area contributed by atoms with Crippen LogP contribution in [0.3, 0.4) is 0 Å². The minimum atomic E-state index is 0.270. The van der Waals surface area contributed by atoms with Crippen molar-refractivity contribution < 1.29 is 4.74 Å². The van der Waals surface area contributed by atoms with E-state index in [0.717, 1.165) is 23.2 Å². The maximum Gasteiger partial charge on any atom is 0.125 e. The number of nitrogens with zero attached hydrogens (tertiary/aromatic N) is 2. The van der Waals surface area contributed by atoms with Gasteiger partial charge >= 0.3 is 0 Å². The summed E-state index contributed by atoms with van der Waals surface area (Å²) in [6.45, 7) is 3.74. The molecule has 0 aliphatic carbocycles. The first-order chi connectivity index (χ1) is 9.70. The molecule has 0 aliphatic heterocycles. The van der Waals surface area contributed by atoms with E-state index in [1.807, 2.05) is 31.7 Å². The third-order valence-electron chi connectivity index (χ3n) is 3.25. The Kier molecular flexibility index (Phi) is 5.61. The second kappa shape index (κ2) is 7.45. The Morgan fingerprint density at radius 2 is 2.30 bits per heavy atom. The summed E-state index contributed by atoms with van der Waals surface area (Å²) in [6, 6.07) is 6.44. The molecular formula is C15H20BrN3O. The maximum absolute atomic E-state index is 5.94. The van der Waals surface area contributed by atoms with Crippen molar-refractivity contribution in [3.05, 3.63) is 47.0 Å². The summed E-state index contributed by atoms with van der Waals surface area (Å²) in [5.74, 6) is 0.937. The van der Waals surface area contributed by atoms with Crippen molar-refractivity contribution in [2.24, 2.45) is 0 Å². The van der Waals surface area contributed by atoms with E-state index in [4.69, 9.17) is 4.74 Å². The summed E-state index contributed by atoms with van der Waals surface area (Å²) in [6.07, 6.45) is 6.54. The monoisotopic (exact) mass is 337 g/mol. The molecule has 5 heteroatoms. The molecule has 20 heavy (non-hydrogen) atoms. The summed E-state index contributed by atoms with van der Waals surface area (Å²) in [7, 11) is 1.95. The van der Waals surface area contributed by atoms with Gasteiger partial charge in [-0.05, 0) is 32.5 Å². The highest BCUT2D eigenvalue weighted by Gasteiger charge is 2.10. The van der Waals surface area contributed by atoms with Crippen LogP contribution in [0.5, 0.6) is 5.75 Å². The van der Waals surface area contributed by atoms with Gasteiger partial charge in [-0.25, -0.2) is 4.98 Å². The minimum Gasteiger partial charge on any atom is -0.493 e. The Morgan fingerprint density at radius 3 is 3.00 bits per heavy atom. The van der Waals surface area contributed by atoms with Gasteiger partial charge in [0.05, 0.1) is 12.9 Å². The highest BCUT2D eigenvalue weighted by Crippen LogP contribution is 2.28. The van der Waals surface area contributed by atoms with Crippen LogP contribution in [0.25, 0.3) is 0 Å². The molecule has 1 unspecified atom stereocenters. The zero-order valence-electron chi connectivity index (χ0n) is 11.8. The first-order valence-electron chi connectivity index (χ1n) is 6.76. The average molecular weight is 338 g/mol. The molecule has 108 valence electrons. The number of hydrogen-bond acceptors (Lipinski definition) is 3. The van der Waals surface area contributed by atoms with Crippen LogP contribution >= 0.6 is 15.9 Å². The van der Waals surface area contributed by atoms with Crippen LogP contribution in [-0.2, 0) is 6.54 Å². The van der Waals surface area contributed by atoms with E-state index in [9.17, 15) is 0 Å². The van der Waals surface area contributed by atoms with Crippen LogP contribution in [0.2, 0.25) is 0 Å². The van der Waals surface area contributed by atoms with E-state index in [2.05, 4.69) is 43.8 Å². The summed E-state index contributed by atoms with van der Waals surface area (Å²) >= 11 is 3.50. The first kappa shape index (κ1) is 15.1. The Balaban J connectivity index is 1.92. The summed E-state index contributed by atoms with van der Waals surface area (Å²) in [5, 5.41) is 3.25. The molecule has 2 rings (SSSR count). The van der Waals surface area contributed by atoms with Gasteiger partial charge in [-0.1, -0.05) is 22.0 Å². The van der Waals surface area contributed by atoms with E-state index in [1.54, 1.807) is 6.20 Å². The topological polar surface area (TPSA) is 39.1 Å². The molecule has 1 aromatic carbocycles. The van der Waals surface area contributed by atoms with Crippen LogP contribution in [0.4, 0.5) is 0 Å². The van der Waals surface area contributed by atoms with Crippen LogP contribution in [-0.4, -0.2) is 23.2 Å². The molecule has 0 saturated carbocycles. The normalized spacial score (nSPS) is 12.3. The number of aromatic nitrogens is 2. The zero-order chi connectivity index (χ0) is 14.4. The highest BCUT2D eigenvalue weighted by molar-refractivity contribution is 9.10. The molecule has 0 saturated heterocycles. The first-order valence-corrected chi connectivity index (χ1v) is 7.55. The number of aryl methyl sites for hydroxylation is 1. The van der Waals surface area contributed by atoms with Gasteiger partial charge in [0.25, 0.3) is 0 Å². The largest absolute Gasteiger partial charge is 0.493 e. The number of halogens is 1. The molecule has 1 N–H and O–H groups in total. The fourth-order valence-corrected chi connectivity index (χ4v) is 2.33. The zero-order valence-corrected chi connectivity index (χ0v) is 13.4. The van der Waals surface area contributed by atoms with Gasteiger partial charge in [-0.3, -0.25) is 0 Å². The molecule has 0 bridgehead atoms. The number of nitrogens with one attached hydrogen (secondary N) is 1. The second-order valence-electron chi connectivity index (χ2n) is 4.70. The van der Waals surface area contributed by atoms with Crippen molar-refractivity contribution in [2.75, 3.05) is 13.7 Å². The molecule has 1 heterocycles. The van der Waals surface area contributed by atoms with Crippen molar-refractivity contribution in [3.8, 4) is 5.75 Å². The standard InChI is InChI=1S/C15H20BrN3O/c1-12(17-2)14-5-4-13(16)10-15(14)20-9-3-7-19-8-6-18-11-19/h4-6,8,10-12,17H,3,7,9H2,1-2H3. The van der Waals surface area contributed by atoms with E-state index in [0.29, 0.717) is 6.61 Å². The Morgan fingerprint density at radius 1 is 1.45 bits per heavy atom. The van der Waals surface area contributed by atoms with Crippen LogP contribution in [0.15, 0.2) is 41.4 Å². The van der Waals surface area contributed by atoms with Gasteiger partial charge in [0.1, 0.15) is 5.75 Å². The van der Waals surface area contributed by atoms with Gasteiger partial charge in [-0.2, -0.15) is 0 Å². The average Bonchev–Trinajstić information content (AvgIpc) is 2.96. The molecule has 2 aromatic rings. The van der Waals surface area contributed by atoms with Gasteiger partial charge in [0, 0.05) is 35.0 Å². The Bertz CT molecular complexity index is 528. The van der Waals surface area contributed by atoms with E-state index < -0.39 is 0 Å². The maximum atomic E-state index is 5.94. The van der Waals surface area contributed by atoms with Crippen molar-refractivity contribution >= 4 is 15.9 Å². The Hall–Kier alpha value is -1.33. The number of ether oxygens (including phenoxy) is 1. The predicted octanol–water partition coefficient (Wildman–Crippen LogP) is 3.40. The van der Waals surface area contributed by atoms with Crippen molar-refractivity contribution in [3.63, 3.8) is 0 Å². The quantitative estimate of drug-likeness (QED) is 0.787. The molecule has 1 atom stereocenters. The third-order valence-corrected chi connectivity index (χ3v) is 3.75. The molecule has 0 fully saturated rings. The predicted molar refractivity (Wildman–Crippen MR) is 84.0 cm³/mol. The number of benzene rings is 1. The SMILES string of the molecule is CNC(C)c1ccc(Br)cc1OCCCn1ccnc1. The summed E-state index contributed by atoms with van der Waals surface area (Å²) in [5.41, 5.74) is 1.18. The second-order valence-corrected chi connectivity index (χ2v) is 5.61. The number of imidazole rings is 1. The molecule has 0 spiro atoms. The summed E-state index contributed by atoms with van der Waals surface area (Å²) in [4.78, 5) is 4.03. The molecule has 0 radical (unpaired) electrons. The van der Waals surface area contributed by atoms with Gasteiger partial charge in [0.15, 0.2) is 0 Å². The van der Waals surface area contributed by atoms with Crippen molar-refractivity contribution in [1.29, 1.82) is 0 Å². The van der Waals surface area contributed by atoms with E-state index in [1.165, 1.54) is 5.56 Å². The number of hydrogen-bond donors (Lipinski definition) is 1. The van der Waals surface area contributed by atoms with Crippen molar-refractivity contribution in [1.82, 2.24) is 14.9 Å². The smallest absolute Gasteiger partial charge is 0.125 e. The third kappa shape index (κ3) is 4.08. The van der Waals surface area contributed by atoms with Crippen LogP contribution in [0, 0.1) is 0 Å². The van der Waals surface area contributed by atoms with Crippen LogP contribution in [0.1, 0.15) is 24.9 Å². The van der Waals surface area contributed by atoms with Gasteiger partial charge < -0.3 is 14.6 Å². The lowest BCUT2D eigenvalue weighted by atomic mass is 10.1. The Labute approximate surface area is 128 Å². The van der Waals surface area contributed by atoms with Crippen LogP contribution < -0.4 is 10.1 Å².